The number of hydrogen-bond acceptors (Lipinski definition) is 3. The first-order valence-electron chi connectivity index (χ1n) is 5.79. The molecule has 0 aliphatic heterocycles. The Bertz CT molecular complexity index is 595. The quantitative estimate of drug-likeness (QED) is 0.834. The van der Waals surface area contributed by atoms with Crippen LogP contribution in [0.15, 0.2) is 30.7 Å². The number of carbonyl (C=O) groups excluding carboxylic acids is 1. The number of rotatable bonds is 5. The molecule has 0 unspecified atom stereocenters. The number of Topliss-reactive ketones (excluding diaryl/α,β-unsaturated/α-hetero) is 1. The minimum atomic E-state index is -0.989. The van der Waals surface area contributed by atoms with Crippen molar-refractivity contribution in [3.8, 4) is 0 Å². The lowest BCUT2D eigenvalue weighted by Gasteiger charge is -2.01. The molecule has 100 valence electrons. The molecule has 0 fully saturated rings. The zero-order valence-corrected chi connectivity index (χ0v) is 10.1. The highest BCUT2D eigenvalue weighted by Gasteiger charge is 2.15. The molecular formula is C13H13F2N3O. The summed E-state index contributed by atoms with van der Waals surface area (Å²) in [5, 5.41) is 0. The molecule has 0 aliphatic rings. The molecule has 1 aromatic carbocycles. The van der Waals surface area contributed by atoms with Gasteiger partial charge in [-0.25, -0.2) is 13.8 Å². The number of halogens is 2. The summed E-state index contributed by atoms with van der Waals surface area (Å²) in [6, 6.07) is 3.76. The first-order valence-corrected chi connectivity index (χ1v) is 5.79. The number of hydrogen-bond donors (Lipinski definition) is 1. The van der Waals surface area contributed by atoms with Gasteiger partial charge in [0.2, 0.25) is 0 Å². The number of carbonyl (C=O) groups is 1. The van der Waals surface area contributed by atoms with E-state index in [4.69, 9.17) is 5.73 Å². The number of ketones is 1. The van der Waals surface area contributed by atoms with Crippen molar-refractivity contribution >= 4 is 5.78 Å². The van der Waals surface area contributed by atoms with Gasteiger partial charge in [-0.1, -0.05) is 12.1 Å². The Labute approximate surface area is 108 Å². The van der Waals surface area contributed by atoms with Crippen LogP contribution in [-0.4, -0.2) is 21.9 Å². The number of benzene rings is 1. The van der Waals surface area contributed by atoms with Crippen molar-refractivity contribution in [1.82, 2.24) is 9.55 Å². The molecular weight excluding hydrogens is 252 g/mol. The Hall–Kier alpha value is -2.08. The van der Waals surface area contributed by atoms with E-state index in [1.807, 2.05) is 0 Å². The van der Waals surface area contributed by atoms with Crippen molar-refractivity contribution in [2.75, 3.05) is 6.54 Å². The molecule has 19 heavy (non-hydrogen) atoms. The maximum absolute atomic E-state index is 13.4. The van der Waals surface area contributed by atoms with Gasteiger partial charge in [-0.15, -0.1) is 0 Å². The molecule has 4 nitrogen and oxygen atoms in total. The molecule has 0 saturated heterocycles. The van der Waals surface area contributed by atoms with Crippen LogP contribution in [0.25, 0.3) is 0 Å². The van der Waals surface area contributed by atoms with Crippen LogP contribution < -0.4 is 5.73 Å². The van der Waals surface area contributed by atoms with Crippen LogP contribution in [0.1, 0.15) is 16.1 Å². The van der Waals surface area contributed by atoms with Crippen molar-refractivity contribution in [3.05, 3.63) is 53.6 Å². The van der Waals surface area contributed by atoms with Gasteiger partial charge in [-0.2, -0.15) is 0 Å². The van der Waals surface area contributed by atoms with E-state index in [1.165, 1.54) is 18.5 Å². The first kappa shape index (κ1) is 13.4. The third-order valence-electron chi connectivity index (χ3n) is 2.69. The molecule has 0 bridgehead atoms. The van der Waals surface area contributed by atoms with E-state index in [0.29, 0.717) is 13.1 Å². The van der Waals surface area contributed by atoms with Crippen LogP contribution in [0.5, 0.6) is 0 Å². The molecule has 6 heteroatoms. The predicted octanol–water partition coefficient (Wildman–Crippen LogP) is 1.55. The lowest BCUT2D eigenvalue weighted by molar-refractivity contribution is 0.0987. The normalized spacial score (nSPS) is 10.7. The fraction of sp³-hybridized carbons (Fsp3) is 0.231. The average Bonchev–Trinajstić information content (AvgIpc) is 2.84. The first-order chi connectivity index (χ1) is 9.11. The molecule has 0 aliphatic carbocycles. The van der Waals surface area contributed by atoms with Crippen LogP contribution >= 0.6 is 0 Å². The van der Waals surface area contributed by atoms with Crippen LogP contribution in [0, 0.1) is 11.6 Å². The second-order valence-corrected chi connectivity index (χ2v) is 4.10. The second kappa shape index (κ2) is 5.71. The van der Waals surface area contributed by atoms with Gasteiger partial charge in [0.15, 0.2) is 17.4 Å². The van der Waals surface area contributed by atoms with E-state index in [2.05, 4.69) is 4.98 Å². The lowest BCUT2D eigenvalue weighted by atomic mass is 10.1. The molecule has 2 rings (SSSR count). The summed E-state index contributed by atoms with van der Waals surface area (Å²) >= 11 is 0. The zero-order chi connectivity index (χ0) is 13.8. The molecule has 2 N–H and O–H groups in total. The maximum Gasteiger partial charge on any atom is 0.187 e. The molecule has 0 saturated carbocycles. The van der Waals surface area contributed by atoms with Gasteiger partial charge in [0.1, 0.15) is 5.69 Å². The van der Waals surface area contributed by atoms with Gasteiger partial charge < -0.3 is 10.3 Å². The van der Waals surface area contributed by atoms with Gasteiger partial charge in [0, 0.05) is 25.7 Å². The largest absolute Gasteiger partial charge is 0.335 e. The van der Waals surface area contributed by atoms with E-state index in [9.17, 15) is 13.6 Å². The number of nitrogens with two attached hydrogens (primary N) is 1. The molecule has 0 atom stereocenters. The summed E-state index contributed by atoms with van der Waals surface area (Å²) in [6.45, 7) is 0.983. The smallest absolute Gasteiger partial charge is 0.187 e. The molecule has 1 heterocycles. The van der Waals surface area contributed by atoms with Crippen LogP contribution in [0.3, 0.4) is 0 Å². The van der Waals surface area contributed by atoms with Gasteiger partial charge in [0.05, 0.1) is 6.33 Å². The fourth-order valence-electron chi connectivity index (χ4n) is 1.72. The summed E-state index contributed by atoms with van der Waals surface area (Å²) < 4.78 is 28.1. The monoisotopic (exact) mass is 265 g/mol. The van der Waals surface area contributed by atoms with Crippen molar-refractivity contribution in [1.29, 1.82) is 0 Å². The summed E-state index contributed by atoms with van der Waals surface area (Å²) in [5.74, 6) is -2.31. The van der Waals surface area contributed by atoms with Gasteiger partial charge in [0.25, 0.3) is 0 Å². The van der Waals surface area contributed by atoms with E-state index in [1.54, 1.807) is 10.8 Å². The second-order valence-electron chi connectivity index (χ2n) is 4.10. The summed E-state index contributed by atoms with van der Waals surface area (Å²) in [5.41, 5.74) is 5.63. The highest BCUT2D eigenvalue weighted by Crippen LogP contribution is 2.13. The van der Waals surface area contributed by atoms with Crippen LogP contribution in [0.2, 0.25) is 0 Å². The zero-order valence-electron chi connectivity index (χ0n) is 10.1. The highest BCUT2D eigenvalue weighted by atomic mass is 19.2. The summed E-state index contributed by atoms with van der Waals surface area (Å²) in [4.78, 5) is 15.8. The number of nitrogens with zero attached hydrogens (tertiary/aromatic N) is 2. The third kappa shape index (κ3) is 3.03. The fourth-order valence-corrected chi connectivity index (χ4v) is 1.72. The highest BCUT2D eigenvalue weighted by molar-refractivity contribution is 5.95. The molecule has 2 aromatic rings. The molecule has 0 amide bonds. The third-order valence-corrected chi connectivity index (χ3v) is 2.69. The SMILES string of the molecule is NCCn1cnc(C(=O)Cc2cccc(F)c2F)c1. The molecule has 1 aromatic heterocycles. The predicted molar refractivity (Wildman–Crippen MR) is 65.7 cm³/mol. The van der Waals surface area contributed by atoms with Crippen molar-refractivity contribution < 1.29 is 13.6 Å². The average molecular weight is 265 g/mol. The van der Waals surface area contributed by atoms with Crippen molar-refractivity contribution in [2.24, 2.45) is 5.73 Å². The van der Waals surface area contributed by atoms with Gasteiger partial charge in [-0.05, 0) is 11.6 Å². The Morgan fingerprint density at radius 2 is 2.16 bits per heavy atom. The Morgan fingerprint density at radius 1 is 1.37 bits per heavy atom. The summed E-state index contributed by atoms with van der Waals surface area (Å²) in [6.07, 6.45) is 2.82. The number of imidazole rings is 1. The lowest BCUT2D eigenvalue weighted by Crippen LogP contribution is -2.09. The molecule has 0 spiro atoms. The molecule has 0 radical (unpaired) electrons. The minimum absolute atomic E-state index is 0.0263. The topological polar surface area (TPSA) is 60.9 Å². The Kier molecular flexibility index (Phi) is 4.01. The Morgan fingerprint density at radius 3 is 2.89 bits per heavy atom. The maximum atomic E-state index is 13.4. The van der Waals surface area contributed by atoms with E-state index in [-0.39, 0.29) is 23.5 Å². The summed E-state index contributed by atoms with van der Waals surface area (Å²) in [7, 11) is 0. The van der Waals surface area contributed by atoms with Crippen molar-refractivity contribution in [3.63, 3.8) is 0 Å². The standard InChI is InChI=1S/C13H13F2N3O/c14-10-3-1-2-9(13(10)15)6-12(19)11-7-18(5-4-16)8-17-11/h1-3,7-8H,4-6,16H2. The van der Waals surface area contributed by atoms with E-state index in [0.717, 1.165) is 6.07 Å². The van der Waals surface area contributed by atoms with Crippen LogP contribution in [0.4, 0.5) is 8.78 Å². The van der Waals surface area contributed by atoms with Crippen LogP contribution in [-0.2, 0) is 13.0 Å². The van der Waals surface area contributed by atoms with Gasteiger partial charge >= 0.3 is 0 Å². The van der Waals surface area contributed by atoms with Crippen molar-refractivity contribution in [2.45, 2.75) is 13.0 Å². The van der Waals surface area contributed by atoms with E-state index < -0.39 is 11.6 Å². The van der Waals surface area contributed by atoms with E-state index >= 15 is 0 Å². The Balaban J connectivity index is 2.14. The number of aromatic nitrogens is 2. The minimum Gasteiger partial charge on any atom is -0.335 e. The van der Waals surface area contributed by atoms with Gasteiger partial charge in [-0.3, -0.25) is 4.79 Å².